The van der Waals surface area contributed by atoms with E-state index in [0.717, 1.165) is 11.3 Å². The van der Waals surface area contributed by atoms with Gasteiger partial charge in [-0.15, -0.1) is 0 Å². The molecule has 2 atom stereocenters. The minimum Gasteiger partial charge on any atom is -0.375 e. The van der Waals surface area contributed by atoms with Gasteiger partial charge >= 0.3 is 0 Å². The normalized spacial score (nSPS) is 26.4. The molecule has 2 aliphatic heterocycles. The van der Waals surface area contributed by atoms with E-state index in [9.17, 15) is 13.2 Å². The lowest BCUT2D eigenvalue weighted by atomic mass is 9.99. The number of carbonyl (C=O) groups is 1. The summed E-state index contributed by atoms with van der Waals surface area (Å²) in [7, 11) is -1.62. The van der Waals surface area contributed by atoms with Crippen molar-refractivity contribution < 1.29 is 17.9 Å². The maximum atomic E-state index is 12.1. The van der Waals surface area contributed by atoms with E-state index in [0.29, 0.717) is 5.17 Å². The van der Waals surface area contributed by atoms with E-state index < -0.39 is 9.84 Å². The number of benzene rings is 1. The standard InChI is InChI=1S/C17H22N2O4S2/c1-11(2)12-6-4-5-7-13(12)19-14-9-25(21,22)10-15(14)24-17(19)18-16(20)8-23-3/h4-7,11,14-15H,8-10H2,1-3H3. The lowest BCUT2D eigenvalue weighted by Gasteiger charge is -2.28. The Balaban J connectivity index is 2.06. The number of anilines is 1. The molecular formula is C17H22N2O4S2. The number of rotatable bonds is 4. The van der Waals surface area contributed by atoms with Crippen LogP contribution in [0.4, 0.5) is 5.69 Å². The van der Waals surface area contributed by atoms with E-state index in [4.69, 9.17) is 4.74 Å². The second-order valence-corrected chi connectivity index (χ2v) is 9.97. The van der Waals surface area contributed by atoms with Gasteiger partial charge in [0, 0.05) is 18.0 Å². The summed E-state index contributed by atoms with van der Waals surface area (Å²) in [6.07, 6.45) is 0. The third kappa shape index (κ3) is 3.75. The van der Waals surface area contributed by atoms with Crippen LogP contribution in [0.2, 0.25) is 0 Å². The maximum absolute atomic E-state index is 12.1. The Morgan fingerprint density at radius 3 is 2.76 bits per heavy atom. The Labute approximate surface area is 152 Å². The molecule has 0 bridgehead atoms. The second kappa shape index (κ2) is 7.09. The van der Waals surface area contributed by atoms with Gasteiger partial charge in [0.15, 0.2) is 15.0 Å². The Hall–Kier alpha value is -1.38. The average molecular weight is 383 g/mol. The summed E-state index contributed by atoms with van der Waals surface area (Å²) in [5, 5.41) is 0.472. The molecule has 2 aliphatic rings. The predicted octanol–water partition coefficient (Wildman–Crippen LogP) is 2.06. The number of fused-ring (bicyclic) bond motifs is 1. The van der Waals surface area contributed by atoms with E-state index in [1.807, 2.05) is 29.2 Å². The molecule has 0 N–H and O–H groups in total. The molecule has 1 aromatic rings. The number of ether oxygens (including phenoxy) is 1. The van der Waals surface area contributed by atoms with E-state index in [1.165, 1.54) is 18.9 Å². The first-order valence-electron chi connectivity index (χ1n) is 8.18. The summed E-state index contributed by atoms with van der Waals surface area (Å²) in [5.41, 5.74) is 2.04. The number of thioether (sulfide) groups is 1. The van der Waals surface area contributed by atoms with Gasteiger partial charge in [-0.05, 0) is 17.5 Å². The molecule has 3 rings (SSSR count). The average Bonchev–Trinajstić information content (AvgIpc) is 2.98. The van der Waals surface area contributed by atoms with Crippen LogP contribution in [-0.4, -0.2) is 56.0 Å². The van der Waals surface area contributed by atoms with Crippen molar-refractivity contribution in [3.63, 3.8) is 0 Å². The first-order valence-corrected chi connectivity index (χ1v) is 10.9. The summed E-state index contributed by atoms with van der Waals surface area (Å²) in [5.74, 6) is 0.128. The van der Waals surface area contributed by atoms with Gasteiger partial charge < -0.3 is 9.64 Å². The maximum Gasteiger partial charge on any atom is 0.274 e. The van der Waals surface area contributed by atoms with Crippen LogP contribution in [0.25, 0.3) is 0 Å². The largest absolute Gasteiger partial charge is 0.375 e. The number of nitrogens with zero attached hydrogens (tertiary/aromatic N) is 2. The van der Waals surface area contributed by atoms with Crippen LogP contribution in [0, 0.1) is 0 Å². The monoisotopic (exact) mass is 382 g/mol. The lowest BCUT2D eigenvalue weighted by Crippen LogP contribution is -2.38. The Morgan fingerprint density at radius 1 is 1.36 bits per heavy atom. The first-order chi connectivity index (χ1) is 11.8. The van der Waals surface area contributed by atoms with Crippen LogP contribution in [0.15, 0.2) is 29.3 Å². The molecule has 0 aliphatic carbocycles. The van der Waals surface area contributed by atoms with Crippen molar-refractivity contribution >= 4 is 38.4 Å². The zero-order valence-corrected chi connectivity index (χ0v) is 16.1. The smallest absolute Gasteiger partial charge is 0.274 e. The number of methoxy groups -OCH3 is 1. The van der Waals surface area contributed by atoms with Gasteiger partial charge in [-0.25, -0.2) is 8.42 Å². The van der Waals surface area contributed by atoms with Gasteiger partial charge in [0.25, 0.3) is 5.91 Å². The number of hydrogen-bond acceptors (Lipinski definition) is 5. The molecule has 2 unspecified atom stereocenters. The van der Waals surface area contributed by atoms with Crippen molar-refractivity contribution in [2.75, 3.05) is 30.1 Å². The third-order valence-corrected chi connectivity index (χ3v) is 7.58. The number of amidine groups is 1. The summed E-state index contributed by atoms with van der Waals surface area (Å²) in [6.45, 7) is 4.10. The number of sulfone groups is 1. The molecule has 1 aromatic carbocycles. The summed E-state index contributed by atoms with van der Waals surface area (Å²) in [6, 6.07) is 7.72. The molecule has 0 radical (unpaired) electrons. The van der Waals surface area contributed by atoms with E-state index in [2.05, 4.69) is 18.8 Å². The quantitative estimate of drug-likeness (QED) is 0.793. The molecule has 1 amide bonds. The van der Waals surface area contributed by atoms with Crippen LogP contribution < -0.4 is 4.90 Å². The van der Waals surface area contributed by atoms with Crippen LogP contribution in [-0.2, 0) is 19.4 Å². The predicted molar refractivity (Wildman–Crippen MR) is 101 cm³/mol. The number of para-hydroxylation sites is 1. The van der Waals surface area contributed by atoms with Crippen LogP contribution in [0.1, 0.15) is 25.3 Å². The fraction of sp³-hybridized carbons (Fsp3) is 0.529. The highest BCUT2D eigenvalue weighted by Gasteiger charge is 2.49. The van der Waals surface area contributed by atoms with Gasteiger partial charge in [0.2, 0.25) is 0 Å². The lowest BCUT2D eigenvalue weighted by molar-refractivity contribution is -0.121. The molecule has 8 heteroatoms. The molecule has 6 nitrogen and oxygen atoms in total. The molecule has 25 heavy (non-hydrogen) atoms. The summed E-state index contributed by atoms with van der Waals surface area (Å²) < 4.78 is 29.1. The Bertz CT molecular complexity index is 805. The van der Waals surface area contributed by atoms with Crippen molar-refractivity contribution in [1.29, 1.82) is 0 Å². The number of amides is 1. The van der Waals surface area contributed by atoms with Crippen molar-refractivity contribution in [2.24, 2.45) is 4.99 Å². The van der Waals surface area contributed by atoms with Gasteiger partial charge in [0.05, 0.1) is 17.5 Å². The highest BCUT2D eigenvalue weighted by Crippen LogP contribution is 2.43. The molecule has 2 saturated heterocycles. The zero-order valence-electron chi connectivity index (χ0n) is 14.5. The molecule has 0 spiro atoms. The van der Waals surface area contributed by atoms with E-state index >= 15 is 0 Å². The minimum absolute atomic E-state index is 0.0860. The van der Waals surface area contributed by atoms with Crippen molar-refractivity contribution in [1.82, 2.24) is 0 Å². The number of aliphatic imine (C=N–C) groups is 1. The molecule has 0 saturated carbocycles. The van der Waals surface area contributed by atoms with Gasteiger partial charge in [0.1, 0.15) is 6.61 Å². The minimum atomic E-state index is -3.07. The summed E-state index contributed by atoms with van der Waals surface area (Å²) >= 11 is 1.38. The molecule has 2 fully saturated rings. The second-order valence-electron chi connectivity index (χ2n) is 6.61. The molecule has 2 heterocycles. The molecule has 136 valence electrons. The highest BCUT2D eigenvalue weighted by molar-refractivity contribution is 8.16. The van der Waals surface area contributed by atoms with Gasteiger partial charge in [-0.2, -0.15) is 4.99 Å². The SMILES string of the molecule is COCC(=O)N=C1SC2CS(=O)(=O)CC2N1c1ccccc1C(C)C. The van der Waals surface area contributed by atoms with Crippen molar-refractivity contribution in [3.8, 4) is 0 Å². The van der Waals surface area contributed by atoms with E-state index in [-0.39, 0.29) is 41.2 Å². The third-order valence-electron chi connectivity index (χ3n) is 4.37. The summed E-state index contributed by atoms with van der Waals surface area (Å²) in [4.78, 5) is 18.1. The first kappa shape index (κ1) is 18.4. The zero-order chi connectivity index (χ0) is 18.2. The van der Waals surface area contributed by atoms with Crippen molar-refractivity contribution in [3.05, 3.63) is 29.8 Å². The van der Waals surface area contributed by atoms with Gasteiger partial charge in [-0.1, -0.05) is 43.8 Å². The van der Waals surface area contributed by atoms with Crippen LogP contribution in [0.5, 0.6) is 0 Å². The van der Waals surface area contributed by atoms with Crippen LogP contribution in [0.3, 0.4) is 0 Å². The van der Waals surface area contributed by atoms with Crippen molar-refractivity contribution in [2.45, 2.75) is 31.1 Å². The highest BCUT2D eigenvalue weighted by atomic mass is 32.2. The van der Waals surface area contributed by atoms with Crippen LogP contribution >= 0.6 is 11.8 Å². The molecule has 0 aromatic heterocycles. The fourth-order valence-electron chi connectivity index (χ4n) is 3.30. The topological polar surface area (TPSA) is 76.0 Å². The van der Waals surface area contributed by atoms with Gasteiger partial charge in [-0.3, -0.25) is 4.79 Å². The fourth-order valence-corrected chi connectivity index (χ4v) is 7.23. The van der Waals surface area contributed by atoms with E-state index in [1.54, 1.807) is 0 Å². The molecular weight excluding hydrogens is 360 g/mol. The number of hydrogen-bond donors (Lipinski definition) is 0. The number of carbonyl (C=O) groups excluding carboxylic acids is 1. The Morgan fingerprint density at radius 2 is 2.08 bits per heavy atom. The Kier molecular flexibility index (Phi) is 5.22.